The van der Waals surface area contributed by atoms with Crippen molar-refractivity contribution in [3.8, 4) is 0 Å². The van der Waals surface area contributed by atoms with Gasteiger partial charge in [0.1, 0.15) is 5.69 Å². The van der Waals surface area contributed by atoms with E-state index in [0.717, 1.165) is 41.8 Å². The molecule has 2 saturated carbocycles. The molecule has 4 bridgehead atoms. The Hall–Kier alpha value is -2.21. The molecular weight excluding hydrogens is 450 g/mol. The lowest BCUT2D eigenvalue weighted by atomic mass is 9.73. The zero-order chi connectivity index (χ0) is 24.6. The third-order valence-corrected chi connectivity index (χ3v) is 9.62. The minimum absolute atomic E-state index is 0.0614. The molecule has 0 amide bonds. The minimum atomic E-state index is -0.380. The van der Waals surface area contributed by atoms with Gasteiger partial charge in [-0.05, 0) is 75.8 Å². The molecule has 5 atom stereocenters. The third kappa shape index (κ3) is 4.62. The molecule has 1 aromatic heterocycles. The molecule has 0 spiro atoms. The number of piperidine rings is 2. The van der Waals surface area contributed by atoms with Crippen molar-refractivity contribution >= 4 is 17.0 Å². The lowest BCUT2D eigenvalue weighted by Gasteiger charge is -2.54. The number of hydrogen-bond donors (Lipinski definition) is 0. The molecule has 6 rings (SSSR count). The van der Waals surface area contributed by atoms with Crippen molar-refractivity contribution in [3.63, 3.8) is 0 Å². The number of para-hydroxylation sites is 2. The highest BCUT2D eigenvalue weighted by atomic mass is 16.5. The Kier molecular flexibility index (Phi) is 6.89. The van der Waals surface area contributed by atoms with Crippen LogP contribution in [0.1, 0.15) is 95.7 Å². The van der Waals surface area contributed by atoms with Gasteiger partial charge in [0, 0.05) is 24.2 Å². The van der Waals surface area contributed by atoms with E-state index in [4.69, 9.17) is 4.74 Å². The largest absolute Gasteiger partial charge is 0.466 e. The van der Waals surface area contributed by atoms with Crippen LogP contribution < -0.4 is 5.56 Å². The second-order valence-corrected chi connectivity index (χ2v) is 11.9. The summed E-state index contributed by atoms with van der Waals surface area (Å²) in [6.45, 7) is 2.10. The number of fused-ring (bicyclic) bond motifs is 5. The summed E-state index contributed by atoms with van der Waals surface area (Å²) in [6.07, 6.45) is 15.7. The van der Waals surface area contributed by atoms with Gasteiger partial charge in [-0.2, -0.15) is 0 Å². The Morgan fingerprint density at radius 1 is 0.889 bits per heavy atom. The van der Waals surface area contributed by atoms with Crippen molar-refractivity contribution in [3.05, 3.63) is 40.3 Å². The number of nitrogens with zero attached hydrogens (tertiary/aromatic N) is 3. The first-order chi connectivity index (χ1) is 17.6. The highest BCUT2D eigenvalue weighted by Gasteiger charge is 2.45. The molecule has 2 aromatic rings. The van der Waals surface area contributed by atoms with E-state index in [1.165, 1.54) is 64.2 Å². The van der Waals surface area contributed by atoms with E-state index in [1.807, 2.05) is 28.8 Å². The van der Waals surface area contributed by atoms with E-state index in [2.05, 4.69) is 9.88 Å². The first kappa shape index (κ1) is 24.1. The number of aromatic nitrogens is 2. The van der Waals surface area contributed by atoms with Crippen LogP contribution in [0.25, 0.3) is 11.0 Å². The highest BCUT2D eigenvalue weighted by Crippen LogP contribution is 2.46. The number of hydrogen-bond acceptors (Lipinski definition) is 5. The van der Waals surface area contributed by atoms with Crippen LogP contribution in [0.4, 0.5) is 0 Å². The number of ether oxygens (including phenoxy) is 1. The van der Waals surface area contributed by atoms with Gasteiger partial charge < -0.3 is 9.30 Å². The van der Waals surface area contributed by atoms with Gasteiger partial charge in [0.15, 0.2) is 0 Å². The monoisotopic (exact) mass is 491 g/mol. The molecule has 6 heteroatoms. The lowest BCUT2D eigenvalue weighted by Crippen LogP contribution is -2.58. The van der Waals surface area contributed by atoms with Crippen LogP contribution >= 0.6 is 0 Å². The normalized spacial score (nSPS) is 32.7. The Bertz CT molecular complexity index is 1130. The van der Waals surface area contributed by atoms with Gasteiger partial charge >= 0.3 is 5.97 Å². The van der Waals surface area contributed by atoms with Crippen molar-refractivity contribution in [1.29, 1.82) is 0 Å². The fourth-order valence-electron chi connectivity index (χ4n) is 8.34. The van der Waals surface area contributed by atoms with Gasteiger partial charge in [0.05, 0.1) is 24.1 Å². The molecule has 2 aliphatic carbocycles. The number of benzene rings is 1. The maximum Gasteiger partial charge on any atom is 0.312 e. The van der Waals surface area contributed by atoms with Crippen molar-refractivity contribution in [2.75, 3.05) is 6.61 Å². The lowest BCUT2D eigenvalue weighted by molar-refractivity contribution is -0.142. The summed E-state index contributed by atoms with van der Waals surface area (Å²) in [7, 11) is 0. The van der Waals surface area contributed by atoms with Crippen molar-refractivity contribution < 1.29 is 9.53 Å². The standard InChI is InChI=1S/C30H41N3O3/c1-2-36-29(34)19-27-30(35)33(28-13-6-5-12-26(28)31-27)25-17-22-10-7-11-23(18-25)32(22)24-15-20-8-3-4-9-21(14-20)16-24/h5-6,12-13,20-25H,2-4,7-11,14-19H2,1H3/t20?,21?,22-,23+,24?,25+. The third-order valence-electron chi connectivity index (χ3n) is 9.62. The first-order valence-corrected chi connectivity index (χ1v) is 14.5. The average molecular weight is 492 g/mol. The molecule has 0 radical (unpaired) electrons. The Morgan fingerprint density at radius 2 is 1.58 bits per heavy atom. The molecule has 6 nitrogen and oxygen atoms in total. The van der Waals surface area contributed by atoms with Gasteiger partial charge in [-0.1, -0.05) is 44.2 Å². The predicted molar refractivity (Wildman–Crippen MR) is 141 cm³/mol. The second kappa shape index (κ2) is 10.3. The van der Waals surface area contributed by atoms with Crippen molar-refractivity contribution in [1.82, 2.24) is 14.5 Å². The summed E-state index contributed by atoms with van der Waals surface area (Å²) in [5.74, 6) is 1.47. The summed E-state index contributed by atoms with van der Waals surface area (Å²) in [5, 5.41) is 0. The Labute approximate surface area is 214 Å². The van der Waals surface area contributed by atoms with Crippen LogP contribution in [-0.2, 0) is 16.0 Å². The number of carbonyl (C=O) groups is 1. The topological polar surface area (TPSA) is 64.4 Å². The molecule has 4 fully saturated rings. The average Bonchev–Trinajstić information content (AvgIpc) is 3.03. The molecule has 2 unspecified atom stereocenters. The smallest absolute Gasteiger partial charge is 0.312 e. The van der Waals surface area contributed by atoms with E-state index >= 15 is 0 Å². The highest BCUT2D eigenvalue weighted by molar-refractivity contribution is 5.77. The fraction of sp³-hybridized carbons (Fsp3) is 0.700. The zero-order valence-electron chi connectivity index (χ0n) is 21.7. The van der Waals surface area contributed by atoms with Gasteiger partial charge in [-0.3, -0.25) is 14.5 Å². The molecule has 2 aliphatic heterocycles. The number of rotatable bonds is 5. The minimum Gasteiger partial charge on any atom is -0.466 e. The van der Waals surface area contributed by atoms with Gasteiger partial charge in [0.2, 0.25) is 0 Å². The molecule has 1 aromatic carbocycles. The maximum absolute atomic E-state index is 13.8. The molecular formula is C30H41N3O3. The van der Waals surface area contributed by atoms with Gasteiger partial charge in [-0.25, -0.2) is 4.98 Å². The van der Waals surface area contributed by atoms with E-state index in [-0.39, 0.29) is 24.0 Å². The summed E-state index contributed by atoms with van der Waals surface area (Å²) < 4.78 is 7.15. The summed E-state index contributed by atoms with van der Waals surface area (Å²) in [4.78, 5) is 33.6. The van der Waals surface area contributed by atoms with Gasteiger partial charge in [-0.15, -0.1) is 0 Å². The van der Waals surface area contributed by atoms with E-state index in [1.54, 1.807) is 6.92 Å². The zero-order valence-corrected chi connectivity index (χ0v) is 21.7. The van der Waals surface area contributed by atoms with Crippen molar-refractivity contribution in [2.24, 2.45) is 11.8 Å². The maximum atomic E-state index is 13.8. The van der Waals surface area contributed by atoms with Crippen LogP contribution in [0, 0.1) is 11.8 Å². The molecule has 36 heavy (non-hydrogen) atoms. The van der Waals surface area contributed by atoms with E-state index in [0.29, 0.717) is 24.4 Å². The van der Waals surface area contributed by atoms with E-state index < -0.39 is 0 Å². The van der Waals surface area contributed by atoms with E-state index in [9.17, 15) is 9.59 Å². The fourth-order valence-corrected chi connectivity index (χ4v) is 8.34. The van der Waals surface area contributed by atoms with Gasteiger partial charge in [0.25, 0.3) is 5.56 Å². The molecule has 2 saturated heterocycles. The first-order valence-electron chi connectivity index (χ1n) is 14.5. The molecule has 0 N–H and O–H groups in total. The quantitative estimate of drug-likeness (QED) is 0.523. The number of esters is 1. The predicted octanol–water partition coefficient (Wildman–Crippen LogP) is 5.42. The summed E-state index contributed by atoms with van der Waals surface area (Å²) in [6, 6.07) is 9.92. The summed E-state index contributed by atoms with van der Waals surface area (Å²) in [5.41, 5.74) is 1.90. The number of carbonyl (C=O) groups excluding carboxylic acids is 1. The molecule has 4 aliphatic rings. The molecule has 194 valence electrons. The Balaban J connectivity index is 1.31. The molecule has 3 heterocycles. The van der Waals surface area contributed by atoms with Crippen LogP contribution in [0.5, 0.6) is 0 Å². The SMILES string of the molecule is CCOC(=O)Cc1nc2ccccc2n([C@H]2C[C@H]3CCC[C@@H](C2)N3C2CC3CCCCC(C3)C2)c1=O. The van der Waals surface area contributed by atoms with Crippen LogP contribution in [0.3, 0.4) is 0 Å². The summed E-state index contributed by atoms with van der Waals surface area (Å²) >= 11 is 0. The Morgan fingerprint density at radius 3 is 2.28 bits per heavy atom. The second-order valence-electron chi connectivity index (χ2n) is 11.9. The van der Waals surface area contributed by atoms with Crippen LogP contribution in [0.15, 0.2) is 29.1 Å². The van der Waals surface area contributed by atoms with Crippen LogP contribution in [0.2, 0.25) is 0 Å². The van der Waals surface area contributed by atoms with Crippen LogP contribution in [-0.4, -0.2) is 45.2 Å². The van der Waals surface area contributed by atoms with Crippen molar-refractivity contribution in [2.45, 2.75) is 115 Å².